The van der Waals surface area contributed by atoms with Gasteiger partial charge in [-0.1, -0.05) is 26.5 Å². The van der Waals surface area contributed by atoms with Crippen LogP contribution in [0.5, 0.6) is 0 Å². The number of amides is 2. The molecule has 1 heterocycles. The van der Waals surface area contributed by atoms with E-state index in [1.165, 1.54) is 6.08 Å². The highest BCUT2D eigenvalue weighted by atomic mass is 32.2. The van der Waals surface area contributed by atoms with Gasteiger partial charge in [0, 0.05) is 13.1 Å². The molecule has 1 aliphatic heterocycles. The van der Waals surface area contributed by atoms with E-state index in [0.717, 1.165) is 6.26 Å². The highest BCUT2D eigenvalue weighted by Crippen LogP contribution is 2.26. The summed E-state index contributed by atoms with van der Waals surface area (Å²) in [5, 5.41) is 2.94. The predicted octanol–water partition coefficient (Wildman–Crippen LogP) is 0.410. The first kappa shape index (κ1) is 20.4. The van der Waals surface area contributed by atoms with Gasteiger partial charge in [-0.2, -0.15) is 0 Å². The third-order valence-corrected chi connectivity index (χ3v) is 4.74. The molecule has 1 rings (SSSR count). The van der Waals surface area contributed by atoms with E-state index < -0.39 is 27.5 Å². The molecule has 1 saturated heterocycles. The number of sulfonamides is 1. The maximum Gasteiger partial charge on any atom is 0.246 e. The first-order valence-corrected chi connectivity index (χ1v) is 9.74. The van der Waals surface area contributed by atoms with Gasteiger partial charge in [0.25, 0.3) is 0 Å². The summed E-state index contributed by atoms with van der Waals surface area (Å²) < 4.78 is 25.4. The summed E-state index contributed by atoms with van der Waals surface area (Å²) in [6.07, 6.45) is 5.02. The molecule has 0 aromatic carbocycles. The number of nitrogens with one attached hydrogen (secondary N) is 2. The van der Waals surface area contributed by atoms with Crippen molar-refractivity contribution in [3.8, 4) is 0 Å². The average Bonchev–Trinajstić information content (AvgIpc) is 2.87. The van der Waals surface area contributed by atoms with Crippen LogP contribution in [0.15, 0.2) is 25.3 Å². The number of hydrogen-bond donors (Lipinski definition) is 2. The van der Waals surface area contributed by atoms with Crippen LogP contribution in [0.4, 0.5) is 0 Å². The Hall–Kier alpha value is -1.67. The summed E-state index contributed by atoms with van der Waals surface area (Å²) in [4.78, 5) is 26.1. The first-order valence-electron chi connectivity index (χ1n) is 7.85. The minimum atomic E-state index is -3.52. The van der Waals surface area contributed by atoms with Crippen molar-refractivity contribution in [1.29, 1.82) is 0 Å². The van der Waals surface area contributed by atoms with Crippen molar-refractivity contribution < 1.29 is 18.0 Å². The van der Waals surface area contributed by atoms with Gasteiger partial charge in [-0.05, 0) is 24.8 Å². The molecule has 0 bridgehead atoms. The Morgan fingerprint density at radius 1 is 1.33 bits per heavy atom. The summed E-state index contributed by atoms with van der Waals surface area (Å²) >= 11 is 0. The molecule has 136 valence electrons. The summed E-state index contributed by atoms with van der Waals surface area (Å²) in [6.45, 7) is 11.6. The first-order chi connectivity index (χ1) is 11.0. The minimum Gasteiger partial charge on any atom is -0.347 e. The van der Waals surface area contributed by atoms with Crippen molar-refractivity contribution in [2.24, 2.45) is 5.92 Å². The minimum absolute atomic E-state index is 0.190. The Kier molecular flexibility index (Phi) is 6.74. The van der Waals surface area contributed by atoms with Crippen LogP contribution in [0.3, 0.4) is 0 Å². The number of carbonyl (C=O) groups excluding carboxylic acids is 2. The van der Waals surface area contributed by atoms with Crippen molar-refractivity contribution >= 4 is 21.8 Å². The fraction of sp³-hybridized carbons (Fsp3) is 0.625. The molecule has 0 aliphatic carbocycles. The third-order valence-electron chi connectivity index (χ3n) is 4.05. The van der Waals surface area contributed by atoms with Crippen LogP contribution in [0, 0.1) is 5.92 Å². The molecule has 0 spiro atoms. The van der Waals surface area contributed by atoms with Crippen LogP contribution in [0.1, 0.15) is 26.7 Å². The molecule has 8 heteroatoms. The predicted molar refractivity (Wildman–Crippen MR) is 93.7 cm³/mol. The Bertz CT molecular complexity index is 615. The van der Waals surface area contributed by atoms with Gasteiger partial charge in [0.15, 0.2) is 0 Å². The molecular formula is C16H27N3O4S. The zero-order chi connectivity index (χ0) is 18.5. The van der Waals surface area contributed by atoms with E-state index in [9.17, 15) is 18.0 Å². The van der Waals surface area contributed by atoms with Crippen molar-refractivity contribution in [3.63, 3.8) is 0 Å². The van der Waals surface area contributed by atoms with Crippen molar-refractivity contribution in [2.45, 2.75) is 38.3 Å². The molecular weight excluding hydrogens is 330 g/mol. The lowest BCUT2D eigenvalue weighted by atomic mass is 9.92. The monoisotopic (exact) mass is 357 g/mol. The van der Waals surface area contributed by atoms with Gasteiger partial charge in [-0.25, -0.2) is 13.1 Å². The van der Waals surface area contributed by atoms with Crippen LogP contribution in [-0.2, 0) is 19.6 Å². The van der Waals surface area contributed by atoms with E-state index >= 15 is 0 Å². The SMILES string of the molecule is C=CCC1(NC(=O)C(NS(C)(=O)=O)C(C)C)CCN(C(=O)C=C)C1. The topological polar surface area (TPSA) is 95.6 Å². The fourth-order valence-corrected chi connectivity index (χ4v) is 3.69. The fourth-order valence-electron chi connectivity index (χ4n) is 2.85. The molecule has 1 aliphatic rings. The van der Waals surface area contributed by atoms with Crippen LogP contribution >= 0.6 is 0 Å². The van der Waals surface area contributed by atoms with Gasteiger partial charge in [-0.15, -0.1) is 6.58 Å². The molecule has 0 aromatic rings. The highest BCUT2D eigenvalue weighted by Gasteiger charge is 2.41. The zero-order valence-electron chi connectivity index (χ0n) is 14.5. The zero-order valence-corrected chi connectivity index (χ0v) is 15.4. The van der Waals surface area contributed by atoms with Crippen LogP contribution in [0.2, 0.25) is 0 Å². The maximum atomic E-state index is 12.6. The average molecular weight is 357 g/mol. The van der Waals surface area contributed by atoms with E-state index in [1.807, 2.05) is 0 Å². The van der Waals surface area contributed by atoms with Gasteiger partial charge >= 0.3 is 0 Å². The molecule has 2 amide bonds. The highest BCUT2D eigenvalue weighted by molar-refractivity contribution is 7.88. The van der Waals surface area contributed by atoms with Gasteiger partial charge in [0.1, 0.15) is 6.04 Å². The summed E-state index contributed by atoms with van der Waals surface area (Å²) in [5.74, 6) is -0.803. The molecule has 1 fully saturated rings. The lowest BCUT2D eigenvalue weighted by molar-refractivity contribution is -0.127. The second-order valence-corrected chi connectivity index (χ2v) is 8.37. The van der Waals surface area contributed by atoms with Crippen molar-refractivity contribution in [3.05, 3.63) is 25.3 Å². The third kappa shape index (κ3) is 5.45. The van der Waals surface area contributed by atoms with Crippen LogP contribution in [-0.4, -0.2) is 56.1 Å². The van der Waals surface area contributed by atoms with Crippen molar-refractivity contribution in [2.75, 3.05) is 19.3 Å². The molecule has 2 atom stereocenters. The quantitative estimate of drug-likeness (QED) is 0.486. The molecule has 7 nitrogen and oxygen atoms in total. The smallest absolute Gasteiger partial charge is 0.246 e. The Morgan fingerprint density at radius 2 is 1.96 bits per heavy atom. The van der Waals surface area contributed by atoms with E-state index in [0.29, 0.717) is 25.9 Å². The van der Waals surface area contributed by atoms with Gasteiger partial charge in [0.05, 0.1) is 11.8 Å². The van der Waals surface area contributed by atoms with E-state index in [2.05, 4.69) is 23.2 Å². The van der Waals surface area contributed by atoms with Gasteiger partial charge < -0.3 is 10.2 Å². The second-order valence-electron chi connectivity index (χ2n) is 6.59. The molecule has 2 unspecified atom stereocenters. The van der Waals surface area contributed by atoms with Crippen LogP contribution < -0.4 is 10.0 Å². The Balaban J connectivity index is 2.95. The number of rotatable bonds is 8. The number of carbonyl (C=O) groups is 2. The Labute approximate surface area is 144 Å². The van der Waals surface area contributed by atoms with E-state index in [1.54, 1.807) is 24.8 Å². The largest absolute Gasteiger partial charge is 0.347 e. The standard InChI is InChI=1S/C16H27N3O4S/c1-6-8-16(9-10-19(11-16)13(20)7-2)17-15(21)14(12(3)4)18-24(5,22)23/h6-7,12,14,18H,1-2,8-11H2,3-5H3,(H,17,21). The van der Waals surface area contributed by atoms with Crippen LogP contribution in [0.25, 0.3) is 0 Å². The molecule has 0 radical (unpaired) electrons. The second kappa shape index (κ2) is 7.94. The normalized spacial score (nSPS) is 22.2. The molecule has 2 N–H and O–H groups in total. The van der Waals surface area contributed by atoms with E-state index in [-0.39, 0.29) is 11.8 Å². The molecule has 0 saturated carbocycles. The Morgan fingerprint density at radius 3 is 2.42 bits per heavy atom. The summed E-state index contributed by atoms with van der Waals surface area (Å²) in [5.41, 5.74) is -0.635. The summed E-state index contributed by atoms with van der Waals surface area (Å²) in [6, 6.07) is -0.870. The van der Waals surface area contributed by atoms with Gasteiger partial charge in [0.2, 0.25) is 21.8 Å². The number of likely N-dealkylation sites (tertiary alicyclic amines) is 1. The summed E-state index contributed by atoms with van der Waals surface area (Å²) in [7, 11) is -3.52. The number of hydrogen-bond acceptors (Lipinski definition) is 4. The number of nitrogens with zero attached hydrogens (tertiary/aromatic N) is 1. The lowest BCUT2D eigenvalue weighted by Crippen LogP contribution is -2.58. The van der Waals surface area contributed by atoms with Crippen molar-refractivity contribution in [1.82, 2.24) is 14.9 Å². The lowest BCUT2D eigenvalue weighted by Gasteiger charge is -2.32. The molecule has 24 heavy (non-hydrogen) atoms. The van der Waals surface area contributed by atoms with E-state index in [4.69, 9.17) is 0 Å². The van der Waals surface area contributed by atoms with Gasteiger partial charge in [-0.3, -0.25) is 9.59 Å². The maximum absolute atomic E-state index is 12.6. The molecule has 0 aromatic heterocycles.